The minimum Gasteiger partial charge on any atom is -0.481 e. The first-order chi connectivity index (χ1) is 8.47. The molecule has 0 heterocycles. The third-order valence-corrected chi connectivity index (χ3v) is 2.04. The van der Waals surface area contributed by atoms with Crippen LogP contribution >= 0.6 is 0 Å². The van der Waals surface area contributed by atoms with Crippen molar-refractivity contribution in [2.24, 2.45) is 5.11 Å². The lowest BCUT2D eigenvalue weighted by Gasteiger charge is -2.13. The highest BCUT2D eigenvalue weighted by atomic mass is 16.4. The van der Waals surface area contributed by atoms with Gasteiger partial charge in [-0.1, -0.05) is 11.5 Å². The van der Waals surface area contributed by atoms with E-state index in [9.17, 15) is 14.4 Å². The number of rotatable bonds is 9. The van der Waals surface area contributed by atoms with Gasteiger partial charge in [-0.3, -0.25) is 9.59 Å². The Balaban J connectivity index is 4.07. The molecule has 0 aliphatic heterocycles. The van der Waals surface area contributed by atoms with Crippen molar-refractivity contribution in [2.75, 3.05) is 6.54 Å². The first-order valence-electron chi connectivity index (χ1n) is 5.22. The molecule has 0 saturated carbocycles. The summed E-state index contributed by atoms with van der Waals surface area (Å²) in [6, 6.07) is -1.10. The summed E-state index contributed by atoms with van der Waals surface area (Å²) in [4.78, 5) is 34.5. The summed E-state index contributed by atoms with van der Waals surface area (Å²) in [5.41, 5.74) is 7.99. The Bertz CT molecular complexity index is 364. The van der Waals surface area contributed by atoms with Crippen molar-refractivity contribution in [3.63, 3.8) is 0 Å². The molecule has 1 atom stereocenters. The van der Waals surface area contributed by atoms with Gasteiger partial charge in [-0.2, -0.15) is 0 Å². The summed E-state index contributed by atoms with van der Waals surface area (Å²) in [5, 5.41) is 22.4. The number of nitrogens with zero attached hydrogens (tertiary/aromatic N) is 3. The molecule has 0 aromatic heterocycles. The number of carbonyl (C=O) groups excluding carboxylic acids is 1. The van der Waals surface area contributed by atoms with Gasteiger partial charge in [-0.25, -0.2) is 4.79 Å². The second-order valence-corrected chi connectivity index (χ2v) is 3.49. The molecule has 0 aliphatic carbocycles. The van der Waals surface area contributed by atoms with Gasteiger partial charge in [0, 0.05) is 11.3 Å². The molecular weight excluding hydrogens is 244 g/mol. The maximum atomic E-state index is 11.1. The van der Waals surface area contributed by atoms with Crippen LogP contribution in [0.3, 0.4) is 0 Å². The highest BCUT2D eigenvalue weighted by Gasteiger charge is 2.18. The number of aliphatic carboxylic acids is 2. The van der Waals surface area contributed by atoms with Gasteiger partial charge in [-0.15, -0.1) is 0 Å². The molecule has 1 unspecified atom stereocenters. The normalized spacial score (nSPS) is 11.1. The van der Waals surface area contributed by atoms with Crippen LogP contribution in [0.25, 0.3) is 10.4 Å². The van der Waals surface area contributed by atoms with Crippen LogP contribution in [0.1, 0.15) is 25.7 Å². The van der Waals surface area contributed by atoms with E-state index in [0.29, 0.717) is 12.8 Å². The number of hydrogen-bond acceptors (Lipinski definition) is 4. The summed E-state index contributed by atoms with van der Waals surface area (Å²) in [6.45, 7) is -0.463. The van der Waals surface area contributed by atoms with E-state index in [-0.39, 0.29) is 12.8 Å². The predicted octanol–water partition coefficient (Wildman–Crippen LogP) is 0.511. The SMILES string of the molecule is [N-]=[N+]=NCC(=O)NC(CCCCC(=O)O)C(=O)O. The largest absolute Gasteiger partial charge is 0.481 e. The number of hydrogen-bond donors (Lipinski definition) is 3. The second-order valence-electron chi connectivity index (χ2n) is 3.49. The Labute approximate surface area is 102 Å². The Morgan fingerprint density at radius 3 is 2.44 bits per heavy atom. The molecule has 18 heavy (non-hydrogen) atoms. The first-order valence-corrected chi connectivity index (χ1v) is 5.22. The zero-order chi connectivity index (χ0) is 14.0. The number of unbranched alkanes of at least 4 members (excludes halogenated alkanes) is 1. The van der Waals surface area contributed by atoms with Crippen molar-refractivity contribution in [3.8, 4) is 0 Å². The molecule has 9 heteroatoms. The molecular formula is C9H14N4O5. The second kappa shape index (κ2) is 8.82. The zero-order valence-corrected chi connectivity index (χ0v) is 9.57. The maximum Gasteiger partial charge on any atom is 0.326 e. The van der Waals surface area contributed by atoms with E-state index in [1.807, 2.05) is 0 Å². The van der Waals surface area contributed by atoms with Gasteiger partial charge in [0.05, 0.1) is 0 Å². The van der Waals surface area contributed by atoms with E-state index in [2.05, 4.69) is 15.3 Å². The van der Waals surface area contributed by atoms with Crippen LogP contribution in [0.2, 0.25) is 0 Å². The molecule has 0 radical (unpaired) electrons. The smallest absolute Gasteiger partial charge is 0.326 e. The van der Waals surface area contributed by atoms with Crippen molar-refractivity contribution < 1.29 is 24.6 Å². The molecule has 3 N–H and O–H groups in total. The summed E-state index contributed by atoms with van der Waals surface area (Å²) in [7, 11) is 0. The molecule has 0 bridgehead atoms. The molecule has 9 nitrogen and oxygen atoms in total. The average molecular weight is 258 g/mol. The van der Waals surface area contributed by atoms with E-state index >= 15 is 0 Å². The standard InChI is InChI=1S/C9H14N4O5/c10-13-11-5-7(14)12-6(9(17)18)3-1-2-4-8(15)16/h6H,1-5H2,(H,12,14)(H,15,16)(H,17,18). The van der Waals surface area contributed by atoms with Gasteiger partial charge in [0.2, 0.25) is 5.91 Å². The van der Waals surface area contributed by atoms with E-state index in [0.717, 1.165) is 0 Å². The Morgan fingerprint density at radius 2 is 1.94 bits per heavy atom. The molecule has 0 aromatic rings. The molecule has 0 saturated heterocycles. The van der Waals surface area contributed by atoms with Gasteiger partial charge in [-0.05, 0) is 18.4 Å². The lowest BCUT2D eigenvalue weighted by atomic mass is 10.1. The summed E-state index contributed by atoms with van der Waals surface area (Å²) >= 11 is 0. The van der Waals surface area contributed by atoms with E-state index in [1.165, 1.54) is 0 Å². The fourth-order valence-corrected chi connectivity index (χ4v) is 1.22. The molecule has 0 rings (SSSR count). The highest BCUT2D eigenvalue weighted by Crippen LogP contribution is 2.04. The maximum absolute atomic E-state index is 11.1. The fourth-order valence-electron chi connectivity index (χ4n) is 1.22. The predicted molar refractivity (Wildman–Crippen MR) is 59.7 cm³/mol. The van der Waals surface area contributed by atoms with Crippen molar-refractivity contribution in [1.82, 2.24) is 5.32 Å². The monoisotopic (exact) mass is 258 g/mol. The lowest BCUT2D eigenvalue weighted by Crippen LogP contribution is -2.41. The quantitative estimate of drug-likeness (QED) is 0.238. The van der Waals surface area contributed by atoms with E-state index < -0.39 is 30.4 Å². The minimum atomic E-state index is -1.21. The van der Waals surface area contributed by atoms with Crippen LogP contribution in [-0.4, -0.2) is 40.6 Å². The van der Waals surface area contributed by atoms with Crippen molar-refractivity contribution in [2.45, 2.75) is 31.7 Å². The fraction of sp³-hybridized carbons (Fsp3) is 0.667. The third-order valence-electron chi connectivity index (χ3n) is 2.04. The van der Waals surface area contributed by atoms with Crippen molar-refractivity contribution in [3.05, 3.63) is 10.4 Å². The van der Waals surface area contributed by atoms with Crippen molar-refractivity contribution >= 4 is 17.8 Å². The van der Waals surface area contributed by atoms with E-state index in [1.54, 1.807) is 0 Å². The van der Waals surface area contributed by atoms with Gasteiger partial charge in [0.15, 0.2) is 0 Å². The number of carboxylic acid groups (broad SMARTS) is 2. The van der Waals surface area contributed by atoms with Crippen LogP contribution in [0.5, 0.6) is 0 Å². The lowest BCUT2D eigenvalue weighted by molar-refractivity contribution is -0.141. The molecule has 1 amide bonds. The number of nitrogens with one attached hydrogen (secondary N) is 1. The highest BCUT2D eigenvalue weighted by molar-refractivity contribution is 5.84. The molecule has 0 spiro atoms. The number of carbonyl (C=O) groups is 3. The van der Waals surface area contributed by atoms with Gasteiger partial charge in [0.25, 0.3) is 0 Å². The molecule has 100 valence electrons. The molecule has 0 aliphatic rings. The Hall–Kier alpha value is -2.28. The molecule has 0 aromatic carbocycles. The van der Waals surface area contributed by atoms with Crippen LogP contribution in [0.15, 0.2) is 5.11 Å². The average Bonchev–Trinajstić information content (AvgIpc) is 2.29. The number of amides is 1. The Morgan fingerprint density at radius 1 is 1.28 bits per heavy atom. The summed E-state index contributed by atoms with van der Waals surface area (Å²) in [6.07, 6.45) is 0.792. The zero-order valence-electron chi connectivity index (χ0n) is 9.57. The van der Waals surface area contributed by atoms with Gasteiger partial charge in [0.1, 0.15) is 12.6 Å². The van der Waals surface area contributed by atoms with Crippen LogP contribution < -0.4 is 5.32 Å². The van der Waals surface area contributed by atoms with Crippen LogP contribution in [0, 0.1) is 0 Å². The van der Waals surface area contributed by atoms with Crippen LogP contribution in [-0.2, 0) is 14.4 Å². The van der Waals surface area contributed by atoms with Gasteiger partial charge < -0.3 is 15.5 Å². The number of azide groups is 1. The summed E-state index contributed by atoms with van der Waals surface area (Å²) in [5.74, 6) is -2.84. The van der Waals surface area contributed by atoms with Crippen molar-refractivity contribution in [1.29, 1.82) is 0 Å². The minimum absolute atomic E-state index is 0.0426. The van der Waals surface area contributed by atoms with Gasteiger partial charge >= 0.3 is 11.9 Å². The third kappa shape index (κ3) is 7.94. The van der Waals surface area contributed by atoms with E-state index in [4.69, 9.17) is 15.7 Å². The molecule has 0 fully saturated rings. The van der Waals surface area contributed by atoms with Crippen LogP contribution in [0.4, 0.5) is 0 Å². The summed E-state index contributed by atoms with van der Waals surface area (Å²) < 4.78 is 0. The number of carboxylic acids is 2. The topological polar surface area (TPSA) is 152 Å². The first kappa shape index (κ1) is 15.7. The Kier molecular flexibility index (Phi) is 7.71.